The van der Waals surface area contributed by atoms with Gasteiger partial charge in [-0.25, -0.2) is 0 Å². The Balaban J connectivity index is 1.42. The maximum Gasteiger partial charge on any atom is 0.262 e. The molecule has 1 aliphatic heterocycles. The van der Waals surface area contributed by atoms with Gasteiger partial charge in [-0.1, -0.05) is 26.0 Å². The number of nitrogens with one attached hydrogen (secondary N) is 2. The van der Waals surface area contributed by atoms with Crippen LogP contribution in [0.4, 0.5) is 0 Å². The van der Waals surface area contributed by atoms with Crippen LogP contribution in [0, 0.1) is 11.8 Å². The van der Waals surface area contributed by atoms with Gasteiger partial charge in [0.05, 0.1) is 4.88 Å². The first kappa shape index (κ1) is 21.0. The Labute approximate surface area is 175 Å². The molecular formula is C21H29N3O2S2. The van der Waals surface area contributed by atoms with Crippen LogP contribution in [0.5, 0.6) is 0 Å². The fourth-order valence-electron chi connectivity index (χ4n) is 3.48. The fraction of sp³-hybridized carbons (Fsp3) is 0.524. The summed E-state index contributed by atoms with van der Waals surface area (Å²) in [5, 5.41) is 9.96. The van der Waals surface area contributed by atoms with Crippen LogP contribution in [0.25, 0.3) is 0 Å². The molecule has 0 bridgehead atoms. The molecule has 0 spiro atoms. The van der Waals surface area contributed by atoms with Crippen molar-refractivity contribution in [2.24, 2.45) is 11.8 Å². The zero-order chi connectivity index (χ0) is 19.9. The van der Waals surface area contributed by atoms with Crippen molar-refractivity contribution in [3.8, 4) is 0 Å². The highest BCUT2D eigenvalue weighted by molar-refractivity contribution is 7.12. The van der Waals surface area contributed by atoms with E-state index in [4.69, 9.17) is 0 Å². The molecule has 1 atom stereocenters. The Hall–Kier alpha value is -1.70. The summed E-state index contributed by atoms with van der Waals surface area (Å²) in [6.45, 7) is 7.77. The topological polar surface area (TPSA) is 61.4 Å². The standard InChI is InChI=1S/C21H29N3O2S2/c1-15(2)19(23-20(25)18-6-4-12-28-18)21(26)22-13-16-7-9-24(10-8-16)14-17-5-3-11-27-17/h3-6,11-12,15-16,19H,7-10,13-14H2,1-2H3,(H,22,26)(H,23,25). The molecule has 2 amide bonds. The van der Waals surface area contributed by atoms with Crippen LogP contribution in [0.15, 0.2) is 35.0 Å². The highest BCUT2D eigenvalue weighted by atomic mass is 32.1. The van der Waals surface area contributed by atoms with Crippen LogP contribution in [0.2, 0.25) is 0 Å². The molecule has 0 radical (unpaired) electrons. The van der Waals surface area contributed by atoms with E-state index >= 15 is 0 Å². The lowest BCUT2D eigenvalue weighted by molar-refractivity contribution is -0.124. The first-order chi connectivity index (χ1) is 13.5. The number of amides is 2. The molecule has 1 saturated heterocycles. The quantitative estimate of drug-likeness (QED) is 0.687. The maximum atomic E-state index is 12.7. The average Bonchev–Trinajstić information content (AvgIpc) is 3.39. The minimum Gasteiger partial charge on any atom is -0.354 e. The first-order valence-electron chi connectivity index (χ1n) is 9.89. The Morgan fingerprint density at radius 2 is 1.86 bits per heavy atom. The number of thiophene rings is 2. The van der Waals surface area contributed by atoms with Crippen LogP contribution in [0.3, 0.4) is 0 Å². The van der Waals surface area contributed by atoms with Gasteiger partial charge in [-0.15, -0.1) is 22.7 Å². The number of hydrogen-bond donors (Lipinski definition) is 2. The zero-order valence-electron chi connectivity index (χ0n) is 16.5. The van der Waals surface area contributed by atoms with E-state index in [0.29, 0.717) is 17.3 Å². The Morgan fingerprint density at radius 1 is 1.14 bits per heavy atom. The maximum absolute atomic E-state index is 12.7. The third-order valence-electron chi connectivity index (χ3n) is 5.21. The van der Waals surface area contributed by atoms with Gasteiger partial charge in [0, 0.05) is 18.0 Å². The molecule has 1 fully saturated rings. The lowest BCUT2D eigenvalue weighted by Gasteiger charge is -2.32. The van der Waals surface area contributed by atoms with E-state index in [2.05, 4.69) is 33.0 Å². The van der Waals surface area contributed by atoms with Crippen molar-refractivity contribution < 1.29 is 9.59 Å². The van der Waals surface area contributed by atoms with E-state index in [9.17, 15) is 9.59 Å². The molecular weight excluding hydrogens is 390 g/mol. The lowest BCUT2D eigenvalue weighted by Crippen LogP contribution is -2.50. The van der Waals surface area contributed by atoms with E-state index in [1.165, 1.54) is 16.2 Å². The summed E-state index contributed by atoms with van der Waals surface area (Å²) < 4.78 is 0. The number of carbonyl (C=O) groups excluding carboxylic acids is 2. The molecule has 3 heterocycles. The van der Waals surface area contributed by atoms with Crippen LogP contribution in [0.1, 0.15) is 41.2 Å². The van der Waals surface area contributed by atoms with Gasteiger partial charge in [-0.05, 0) is 60.7 Å². The molecule has 7 heteroatoms. The largest absolute Gasteiger partial charge is 0.354 e. The smallest absolute Gasteiger partial charge is 0.262 e. The van der Waals surface area contributed by atoms with E-state index in [-0.39, 0.29) is 17.7 Å². The molecule has 2 aromatic heterocycles. The van der Waals surface area contributed by atoms with Crippen LogP contribution < -0.4 is 10.6 Å². The van der Waals surface area contributed by atoms with Crippen molar-refractivity contribution in [3.63, 3.8) is 0 Å². The van der Waals surface area contributed by atoms with Crippen molar-refractivity contribution in [2.45, 2.75) is 39.3 Å². The monoisotopic (exact) mass is 419 g/mol. The van der Waals surface area contributed by atoms with Crippen molar-refractivity contribution in [1.82, 2.24) is 15.5 Å². The van der Waals surface area contributed by atoms with Gasteiger partial charge in [0.15, 0.2) is 0 Å². The molecule has 1 unspecified atom stereocenters. The number of piperidine rings is 1. The summed E-state index contributed by atoms with van der Waals surface area (Å²) in [4.78, 5) is 29.5. The van der Waals surface area contributed by atoms with Gasteiger partial charge in [-0.3, -0.25) is 14.5 Å². The number of rotatable bonds is 8. The molecule has 2 N–H and O–H groups in total. The van der Waals surface area contributed by atoms with Crippen LogP contribution >= 0.6 is 22.7 Å². The highest BCUT2D eigenvalue weighted by Gasteiger charge is 2.26. The lowest BCUT2D eigenvalue weighted by atomic mass is 9.96. The Morgan fingerprint density at radius 3 is 2.46 bits per heavy atom. The molecule has 3 rings (SSSR count). The Kier molecular flexibility index (Phi) is 7.65. The number of carbonyl (C=O) groups is 2. The normalized spacial score (nSPS) is 16.8. The van der Waals surface area contributed by atoms with Crippen molar-refractivity contribution in [2.75, 3.05) is 19.6 Å². The molecule has 0 saturated carbocycles. The van der Waals surface area contributed by atoms with Gasteiger partial charge in [-0.2, -0.15) is 0 Å². The second kappa shape index (κ2) is 10.2. The molecule has 0 aromatic carbocycles. The van der Waals surface area contributed by atoms with Gasteiger partial charge in [0.25, 0.3) is 5.91 Å². The summed E-state index contributed by atoms with van der Waals surface area (Å²) in [6, 6.07) is 7.40. The minimum absolute atomic E-state index is 0.0385. The third-order valence-corrected chi connectivity index (χ3v) is 6.94. The van der Waals surface area contributed by atoms with Crippen LogP contribution in [-0.2, 0) is 11.3 Å². The first-order valence-corrected chi connectivity index (χ1v) is 11.7. The van der Waals surface area contributed by atoms with Gasteiger partial charge < -0.3 is 10.6 Å². The number of hydrogen-bond acceptors (Lipinski definition) is 5. The molecule has 152 valence electrons. The summed E-state index contributed by atoms with van der Waals surface area (Å²) in [5.41, 5.74) is 0. The number of nitrogens with zero attached hydrogens (tertiary/aromatic N) is 1. The second-order valence-electron chi connectivity index (χ2n) is 7.72. The number of likely N-dealkylation sites (tertiary alicyclic amines) is 1. The highest BCUT2D eigenvalue weighted by Crippen LogP contribution is 2.20. The molecule has 1 aliphatic rings. The summed E-state index contributed by atoms with van der Waals surface area (Å²) in [7, 11) is 0. The molecule has 28 heavy (non-hydrogen) atoms. The van der Waals surface area contributed by atoms with Crippen molar-refractivity contribution >= 4 is 34.5 Å². The van der Waals surface area contributed by atoms with Gasteiger partial charge in [0.1, 0.15) is 6.04 Å². The molecule has 2 aromatic rings. The van der Waals surface area contributed by atoms with Gasteiger partial charge in [0.2, 0.25) is 5.91 Å². The van der Waals surface area contributed by atoms with E-state index in [1.54, 1.807) is 6.07 Å². The fourth-order valence-corrected chi connectivity index (χ4v) is 4.85. The second-order valence-corrected chi connectivity index (χ2v) is 9.70. The van der Waals surface area contributed by atoms with Crippen molar-refractivity contribution in [3.05, 3.63) is 44.8 Å². The SMILES string of the molecule is CC(C)C(NC(=O)c1cccs1)C(=O)NCC1CCN(Cc2cccs2)CC1. The van der Waals surface area contributed by atoms with Gasteiger partial charge >= 0.3 is 0 Å². The molecule has 5 nitrogen and oxygen atoms in total. The molecule has 0 aliphatic carbocycles. The minimum atomic E-state index is -0.506. The van der Waals surface area contributed by atoms with E-state index in [0.717, 1.165) is 32.5 Å². The summed E-state index contributed by atoms with van der Waals surface area (Å²) in [6.07, 6.45) is 2.19. The summed E-state index contributed by atoms with van der Waals surface area (Å²) >= 11 is 3.19. The van der Waals surface area contributed by atoms with E-state index < -0.39 is 6.04 Å². The predicted molar refractivity (Wildman–Crippen MR) is 116 cm³/mol. The van der Waals surface area contributed by atoms with Crippen LogP contribution in [-0.4, -0.2) is 42.4 Å². The zero-order valence-corrected chi connectivity index (χ0v) is 18.2. The summed E-state index contributed by atoms with van der Waals surface area (Å²) in [5.74, 6) is 0.285. The predicted octanol–water partition coefficient (Wildman–Crippen LogP) is 3.59. The van der Waals surface area contributed by atoms with Crippen molar-refractivity contribution in [1.29, 1.82) is 0 Å². The third kappa shape index (κ3) is 5.90. The van der Waals surface area contributed by atoms with E-state index in [1.807, 2.05) is 36.6 Å². The average molecular weight is 420 g/mol. The Bertz CT molecular complexity index is 736.